The molecule has 0 bridgehead atoms. The van der Waals surface area contributed by atoms with E-state index in [2.05, 4.69) is 10.1 Å². The number of halogens is 5. The van der Waals surface area contributed by atoms with Crippen molar-refractivity contribution in [1.82, 2.24) is 29.5 Å². The highest BCUT2D eigenvalue weighted by Crippen LogP contribution is 2.45. The van der Waals surface area contributed by atoms with Gasteiger partial charge in [0, 0.05) is 80.6 Å². The third kappa shape index (κ3) is 7.92. The van der Waals surface area contributed by atoms with Crippen molar-refractivity contribution >= 4 is 46.0 Å². The largest absolute Gasteiger partial charge is 0.444 e. The average Bonchev–Trinajstić information content (AvgIpc) is 3.78. The number of hydrogen-bond donors (Lipinski definition) is 1. The lowest BCUT2D eigenvalue weighted by atomic mass is 9.84. The number of aryl methyl sites for hydroxylation is 1. The van der Waals surface area contributed by atoms with Gasteiger partial charge >= 0.3 is 6.09 Å². The number of fused-ring (bicyclic) bond motifs is 1. The van der Waals surface area contributed by atoms with Crippen LogP contribution in [0.2, 0.25) is 5.02 Å². The summed E-state index contributed by atoms with van der Waals surface area (Å²) in [5.41, 5.74) is -0.186. The molecular weight excluding hydrogens is 716 g/mol. The summed E-state index contributed by atoms with van der Waals surface area (Å²) in [6, 6.07) is 6.90. The Bertz CT molecular complexity index is 2090. The second-order valence-corrected chi connectivity index (χ2v) is 15.1. The molecule has 1 fully saturated rings. The second kappa shape index (κ2) is 14.5. The zero-order valence-electron chi connectivity index (χ0n) is 30.1. The van der Waals surface area contributed by atoms with Crippen molar-refractivity contribution in [3.8, 4) is 11.1 Å². The number of nitrogens with one attached hydrogen (secondary N) is 1. The van der Waals surface area contributed by atoms with Crippen LogP contribution in [0.25, 0.3) is 27.6 Å². The number of amides is 3. The van der Waals surface area contributed by atoms with Gasteiger partial charge in [-0.15, -0.1) is 0 Å². The highest BCUT2D eigenvalue weighted by molar-refractivity contribution is 6.34. The number of H-pyrrole nitrogens is 1. The molecule has 1 atom stereocenters. The number of likely N-dealkylation sites (tertiary alicyclic amines) is 1. The van der Waals surface area contributed by atoms with Crippen molar-refractivity contribution in [3.63, 3.8) is 0 Å². The van der Waals surface area contributed by atoms with E-state index < -0.39 is 47.6 Å². The van der Waals surface area contributed by atoms with Crippen LogP contribution in [0.15, 0.2) is 48.8 Å². The summed E-state index contributed by atoms with van der Waals surface area (Å²) in [4.78, 5) is 45.4. The molecule has 2 aromatic carbocycles. The van der Waals surface area contributed by atoms with Gasteiger partial charge in [0.2, 0.25) is 5.91 Å². The number of alkyl halides is 2. The van der Waals surface area contributed by atoms with E-state index in [1.54, 1.807) is 62.9 Å². The predicted octanol–water partition coefficient (Wildman–Crippen LogP) is 7.73. The van der Waals surface area contributed by atoms with Crippen molar-refractivity contribution in [2.75, 3.05) is 40.3 Å². The molecule has 4 heterocycles. The van der Waals surface area contributed by atoms with Crippen molar-refractivity contribution in [2.24, 2.45) is 0 Å². The molecule has 0 aliphatic carbocycles. The number of aromatic nitrogens is 3. The number of carbonyl (C=O) groups excluding carboxylic acids is 3. The molecule has 53 heavy (non-hydrogen) atoms. The molecule has 0 spiro atoms. The van der Waals surface area contributed by atoms with Crippen LogP contribution in [-0.4, -0.2) is 99.2 Å². The van der Waals surface area contributed by atoms with E-state index in [4.69, 9.17) is 16.3 Å². The zero-order chi connectivity index (χ0) is 38.4. The monoisotopic (exact) mass is 756 g/mol. The summed E-state index contributed by atoms with van der Waals surface area (Å²) in [6.45, 7) is 4.77. The standard InChI is InChI=1S/C38H41ClF4N6O4/c1-37(2,3)53-36(52)48-14-9-28(38(42,43)21-48)27-17-29(39)25(18-30(27)40)24-16-23(33(41)34-26(24)19-31(45-34)35(51)46(4)5)22-8-6-12-47(20-22)32(50)10-15-49-13-7-11-44-49/h7-8,11,13,16-19,28,45H,6,9-10,12,14-15,20-21H2,1-5H3/t28-/m0/s1. The van der Waals surface area contributed by atoms with Crippen molar-refractivity contribution in [2.45, 2.75) is 64.0 Å². The molecule has 10 nitrogen and oxygen atoms in total. The minimum Gasteiger partial charge on any atom is -0.444 e. The Kier molecular flexibility index (Phi) is 10.4. The topological polar surface area (TPSA) is 104 Å². The molecule has 282 valence electrons. The van der Waals surface area contributed by atoms with Gasteiger partial charge in [0.15, 0.2) is 5.82 Å². The Balaban J connectivity index is 1.36. The fourth-order valence-electron chi connectivity index (χ4n) is 6.87. The molecule has 6 rings (SSSR count). The maximum atomic E-state index is 16.5. The number of aromatic amines is 1. The normalized spacial score (nSPS) is 17.5. The number of hydrogen-bond acceptors (Lipinski definition) is 5. The quantitative estimate of drug-likeness (QED) is 0.195. The van der Waals surface area contributed by atoms with E-state index >= 15 is 17.6 Å². The Hall–Kier alpha value is -4.85. The van der Waals surface area contributed by atoms with Crippen molar-refractivity contribution < 1.29 is 36.7 Å². The van der Waals surface area contributed by atoms with Gasteiger partial charge < -0.3 is 24.4 Å². The fraction of sp³-hybridized carbons (Fsp3) is 0.421. The summed E-state index contributed by atoms with van der Waals surface area (Å²) >= 11 is 6.79. The van der Waals surface area contributed by atoms with Crippen LogP contribution in [0.4, 0.5) is 22.4 Å². The molecule has 15 heteroatoms. The van der Waals surface area contributed by atoms with E-state index in [9.17, 15) is 14.4 Å². The molecule has 4 aromatic rings. The van der Waals surface area contributed by atoms with Gasteiger partial charge in [0.05, 0.1) is 18.0 Å². The highest BCUT2D eigenvalue weighted by atomic mass is 35.5. The molecule has 1 N–H and O–H groups in total. The lowest BCUT2D eigenvalue weighted by Crippen LogP contribution is -2.51. The Labute approximate surface area is 309 Å². The van der Waals surface area contributed by atoms with Crippen LogP contribution < -0.4 is 0 Å². The Morgan fingerprint density at radius 3 is 2.47 bits per heavy atom. The molecule has 0 unspecified atom stereocenters. The van der Waals surface area contributed by atoms with Gasteiger partial charge in [-0.1, -0.05) is 17.7 Å². The third-order valence-corrected chi connectivity index (χ3v) is 9.77. The van der Waals surface area contributed by atoms with E-state index in [-0.39, 0.29) is 75.7 Å². The van der Waals surface area contributed by atoms with Crippen LogP contribution in [0.5, 0.6) is 0 Å². The lowest BCUT2D eigenvalue weighted by molar-refractivity contribution is -0.131. The number of rotatable bonds is 7. The average molecular weight is 757 g/mol. The third-order valence-electron chi connectivity index (χ3n) is 9.46. The second-order valence-electron chi connectivity index (χ2n) is 14.7. The van der Waals surface area contributed by atoms with Gasteiger partial charge in [-0.2, -0.15) is 5.10 Å². The van der Waals surface area contributed by atoms with Crippen LogP contribution in [0.3, 0.4) is 0 Å². The maximum absolute atomic E-state index is 16.5. The van der Waals surface area contributed by atoms with E-state index in [0.717, 1.165) is 17.0 Å². The maximum Gasteiger partial charge on any atom is 0.410 e. The molecule has 0 saturated carbocycles. The first-order valence-electron chi connectivity index (χ1n) is 17.3. The van der Waals surface area contributed by atoms with Gasteiger partial charge in [0.1, 0.15) is 17.1 Å². The van der Waals surface area contributed by atoms with Gasteiger partial charge in [-0.3, -0.25) is 14.3 Å². The highest BCUT2D eigenvalue weighted by Gasteiger charge is 2.48. The number of ether oxygens (including phenoxy) is 1. The van der Waals surface area contributed by atoms with Crippen LogP contribution in [-0.2, 0) is 16.1 Å². The number of nitrogens with zero attached hydrogens (tertiary/aromatic N) is 5. The predicted molar refractivity (Wildman–Crippen MR) is 193 cm³/mol. The summed E-state index contributed by atoms with van der Waals surface area (Å²) in [5.74, 6) is -7.30. The molecule has 0 radical (unpaired) electrons. The van der Waals surface area contributed by atoms with Crippen molar-refractivity contribution in [1.29, 1.82) is 0 Å². The SMILES string of the molecule is CN(C)C(=O)c1cc2c(-c3cc(F)c([C@@H]4CCN(C(=O)OC(C)(C)C)CC4(F)F)cc3Cl)cc(C3=CCCN(C(=O)CCn4cccn4)C3)c(F)c2[nH]1. The van der Waals surface area contributed by atoms with Crippen LogP contribution in [0, 0.1) is 11.6 Å². The summed E-state index contributed by atoms with van der Waals surface area (Å²) in [5, 5.41) is 4.29. The van der Waals surface area contributed by atoms with Gasteiger partial charge in [-0.05, 0) is 80.6 Å². The smallest absolute Gasteiger partial charge is 0.410 e. The Morgan fingerprint density at radius 2 is 1.81 bits per heavy atom. The summed E-state index contributed by atoms with van der Waals surface area (Å²) < 4.78 is 70.8. The molecular formula is C38H41ClF4N6O4. The fourth-order valence-corrected chi connectivity index (χ4v) is 7.14. The molecule has 2 aliphatic heterocycles. The Morgan fingerprint density at radius 1 is 1.06 bits per heavy atom. The number of benzene rings is 2. The first-order chi connectivity index (χ1) is 24.9. The summed E-state index contributed by atoms with van der Waals surface area (Å²) in [6.07, 6.45) is 4.73. The van der Waals surface area contributed by atoms with E-state index in [1.165, 1.54) is 17.0 Å². The molecule has 2 aliphatic rings. The van der Waals surface area contributed by atoms with Gasteiger partial charge in [0.25, 0.3) is 11.8 Å². The van der Waals surface area contributed by atoms with E-state index in [0.29, 0.717) is 25.1 Å². The van der Waals surface area contributed by atoms with Gasteiger partial charge in [-0.25, -0.2) is 22.4 Å². The minimum absolute atomic E-state index is 0.0349. The first-order valence-corrected chi connectivity index (χ1v) is 17.7. The first kappa shape index (κ1) is 37.9. The lowest BCUT2D eigenvalue weighted by Gasteiger charge is -2.39. The van der Waals surface area contributed by atoms with Crippen LogP contribution >= 0.6 is 11.6 Å². The number of carbonyl (C=O) groups is 3. The van der Waals surface area contributed by atoms with Crippen molar-refractivity contribution in [3.05, 3.63) is 82.3 Å². The minimum atomic E-state index is -3.51. The molecule has 2 aromatic heterocycles. The zero-order valence-corrected chi connectivity index (χ0v) is 30.9. The molecule has 1 saturated heterocycles. The number of piperidine rings is 1. The summed E-state index contributed by atoms with van der Waals surface area (Å²) in [7, 11) is 3.08. The van der Waals surface area contributed by atoms with Crippen LogP contribution in [0.1, 0.15) is 67.6 Å². The van der Waals surface area contributed by atoms with E-state index in [1.807, 2.05) is 6.08 Å². The molecule has 3 amide bonds.